The molecule has 2 heterocycles. The van der Waals surface area contributed by atoms with Crippen LogP contribution in [-0.4, -0.2) is 37.0 Å². The number of nitrogens with one attached hydrogen (secondary N) is 1. The highest BCUT2D eigenvalue weighted by Gasteiger charge is 2.09. The summed E-state index contributed by atoms with van der Waals surface area (Å²) in [4.78, 5) is 26.3. The van der Waals surface area contributed by atoms with E-state index in [9.17, 15) is 9.59 Å². The monoisotopic (exact) mass is 339 g/mol. The van der Waals surface area contributed by atoms with Gasteiger partial charge in [0, 0.05) is 0 Å². The number of hydrogen-bond acceptors (Lipinski definition) is 5. The van der Waals surface area contributed by atoms with E-state index in [1.54, 1.807) is 18.2 Å². The third-order valence-electron chi connectivity index (χ3n) is 2.26. The summed E-state index contributed by atoms with van der Waals surface area (Å²) >= 11 is 3.18. The highest BCUT2D eigenvalue weighted by Crippen LogP contribution is 2.06. The number of aromatic nitrogens is 4. The number of nitrogens with zero attached hydrogens (tertiary/aromatic N) is 4. The largest absolute Gasteiger partial charge is 0.480 e. The van der Waals surface area contributed by atoms with Crippen molar-refractivity contribution in [2.24, 2.45) is 0 Å². The van der Waals surface area contributed by atoms with Gasteiger partial charge in [0.05, 0.1) is 12.7 Å². The van der Waals surface area contributed by atoms with Gasteiger partial charge < -0.3 is 10.4 Å². The Labute approximate surface area is 121 Å². The number of rotatable bonds is 5. The molecule has 2 rings (SSSR count). The van der Waals surface area contributed by atoms with Crippen molar-refractivity contribution in [3.63, 3.8) is 0 Å². The van der Waals surface area contributed by atoms with Gasteiger partial charge in [-0.2, -0.15) is 0 Å². The molecule has 8 nitrogen and oxygen atoms in total. The molecule has 0 aliphatic heterocycles. The van der Waals surface area contributed by atoms with Crippen LogP contribution in [0.1, 0.15) is 16.2 Å². The summed E-state index contributed by atoms with van der Waals surface area (Å²) in [5.41, 5.74) is 0.742. The number of carbonyl (C=O) groups is 2. The van der Waals surface area contributed by atoms with Crippen molar-refractivity contribution in [1.29, 1.82) is 0 Å². The fourth-order valence-electron chi connectivity index (χ4n) is 1.43. The van der Waals surface area contributed by atoms with Crippen LogP contribution in [0.5, 0.6) is 0 Å². The van der Waals surface area contributed by atoms with Crippen LogP contribution >= 0.6 is 15.9 Å². The smallest absolute Gasteiger partial charge is 0.325 e. The molecule has 0 saturated carbocycles. The van der Waals surface area contributed by atoms with Gasteiger partial charge in [-0.1, -0.05) is 11.3 Å². The molecule has 0 fully saturated rings. The molecule has 0 spiro atoms. The molecule has 0 aliphatic carbocycles. The lowest BCUT2D eigenvalue weighted by molar-refractivity contribution is -0.137. The Bertz CT molecular complexity index is 642. The molecule has 0 atom stereocenters. The summed E-state index contributed by atoms with van der Waals surface area (Å²) in [5, 5.41) is 18.6. The zero-order valence-corrected chi connectivity index (χ0v) is 11.7. The van der Waals surface area contributed by atoms with Crippen LogP contribution in [0.3, 0.4) is 0 Å². The maximum absolute atomic E-state index is 11.8. The number of hydrogen-bond donors (Lipinski definition) is 2. The molecule has 20 heavy (non-hydrogen) atoms. The minimum atomic E-state index is -1.01. The summed E-state index contributed by atoms with van der Waals surface area (Å²) < 4.78 is 1.75. The van der Waals surface area contributed by atoms with Crippen LogP contribution in [0, 0.1) is 0 Å². The molecule has 9 heteroatoms. The third kappa shape index (κ3) is 3.85. The van der Waals surface area contributed by atoms with Gasteiger partial charge in [-0.25, -0.2) is 9.67 Å². The number of pyridine rings is 1. The quantitative estimate of drug-likeness (QED) is 0.765. The molecule has 0 saturated heterocycles. The van der Waals surface area contributed by atoms with Crippen LogP contribution in [0.4, 0.5) is 0 Å². The Morgan fingerprint density at radius 3 is 2.90 bits per heavy atom. The molecule has 1 amide bonds. The highest BCUT2D eigenvalue weighted by molar-refractivity contribution is 9.10. The third-order valence-corrected chi connectivity index (χ3v) is 2.70. The maximum atomic E-state index is 11.8. The summed E-state index contributed by atoms with van der Waals surface area (Å²) in [7, 11) is 0. The Balaban J connectivity index is 1.93. The van der Waals surface area contributed by atoms with Crippen molar-refractivity contribution in [3.8, 4) is 0 Å². The average Bonchev–Trinajstić information content (AvgIpc) is 2.82. The van der Waals surface area contributed by atoms with E-state index in [1.165, 1.54) is 10.9 Å². The van der Waals surface area contributed by atoms with E-state index in [4.69, 9.17) is 5.11 Å². The van der Waals surface area contributed by atoms with E-state index in [1.807, 2.05) is 0 Å². The molecule has 0 bridgehead atoms. The predicted molar refractivity (Wildman–Crippen MR) is 70.8 cm³/mol. The van der Waals surface area contributed by atoms with E-state index in [0.717, 1.165) is 0 Å². The van der Waals surface area contributed by atoms with Gasteiger partial charge in [0.15, 0.2) is 0 Å². The molecule has 0 aromatic carbocycles. The van der Waals surface area contributed by atoms with Gasteiger partial charge in [0.1, 0.15) is 22.5 Å². The second-order valence-corrected chi connectivity index (χ2v) is 4.64. The molecule has 2 aromatic heterocycles. The summed E-state index contributed by atoms with van der Waals surface area (Å²) in [6, 6.07) is 5.00. The Morgan fingerprint density at radius 1 is 1.40 bits per heavy atom. The predicted octanol–water partition coefficient (Wildman–Crippen LogP) is 0.450. The number of carboxylic acid groups (broad SMARTS) is 1. The lowest BCUT2D eigenvalue weighted by Crippen LogP contribution is -2.24. The van der Waals surface area contributed by atoms with Crippen molar-refractivity contribution < 1.29 is 14.7 Å². The topological polar surface area (TPSA) is 110 Å². The van der Waals surface area contributed by atoms with E-state index in [-0.39, 0.29) is 24.7 Å². The highest BCUT2D eigenvalue weighted by atomic mass is 79.9. The van der Waals surface area contributed by atoms with Crippen molar-refractivity contribution in [1.82, 2.24) is 25.3 Å². The van der Waals surface area contributed by atoms with Crippen LogP contribution in [0.25, 0.3) is 0 Å². The summed E-state index contributed by atoms with van der Waals surface area (Å²) in [6.07, 6.45) is 1.46. The molecule has 0 radical (unpaired) electrons. The van der Waals surface area contributed by atoms with Gasteiger partial charge in [-0.15, -0.1) is 5.10 Å². The van der Waals surface area contributed by atoms with Gasteiger partial charge in [-0.05, 0) is 28.1 Å². The first-order valence-corrected chi connectivity index (χ1v) is 6.35. The van der Waals surface area contributed by atoms with Gasteiger partial charge >= 0.3 is 5.97 Å². The normalized spacial score (nSPS) is 10.2. The number of carbonyl (C=O) groups excluding carboxylic acids is 1. The molecule has 0 unspecified atom stereocenters. The summed E-state index contributed by atoms with van der Waals surface area (Å²) in [5.74, 6) is -1.36. The lowest BCUT2D eigenvalue weighted by atomic mass is 10.3. The van der Waals surface area contributed by atoms with Crippen molar-refractivity contribution in [2.45, 2.75) is 13.1 Å². The average molecular weight is 340 g/mol. The van der Waals surface area contributed by atoms with Crippen molar-refractivity contribution >= 4 is 27.8 Å². The van der Waals surface area contributed by atoms with Gasteiger partial charge in [0.25, 0.3) is 5.91 Å². The van der Waals surface area contributed by atoms with Gasteiger partial charge in [-0.3, -0.25) is 9.59 Å². The summed E-state index contributed by atoms with van der Waals surface area (Å²) in [6.45, 7) is -0.124. The van der Waals surface area contributed by atoms with Crippen molar-refractivity contribution in [3.05, 3.63) is 40.4 Å². The van der Waals surface area contributed by atoms with Crippen LogP contribution in [0.2, 0.25) is 0 Å². The Kier molecular flexibility index (Phi) is 4.41. The minimum Gasteiger partial charge on any atom is -0.480 e. The first-order valence-electron chi connectivity index (χ1n) is 5.56. The Morgan fingerprint density at radius 2 is 2.20 bits per heavy atom. The fraction of sp³-hybridized carbons (Fsp3) is 0.182. The standard InChI is InChI=1S/C11H10BrN5O3/c12-9-3-1-2-8(14-9)11(20)13-4-7-5-17(16-15-7)6-10(18)19/h1-3,5H,4,6H2,(H,13,20)(H,18,19). The van der Waals surface area contributed by atoms with E-state index >= 15 is 0 Å². The zero-order valence-electron chi connectivity index (χ0n) is 10.2. The number of amides is 1. The van der Waals surface area contributed by atoms with Crippen LogP contribution in [0.15, 0.2) is 29.0 Å². The number of halogens is 1. The molecule has 2 aromatic rings. The van der Waals surface area contributed by atoms with Crippen LogP contribution in [-0.2, 0) is 17.9 Å². The zero-order chi connectivity index (χ0) is 14.5. The first kappa shape index (κ1) is 14.1. The fourth-order valence-corrected chi connectivity index (χ4v) is 1.78. The second-order valence-electron chi connectivity index (χ2n) is 3.83. The minimum absolute atomic E-state index is 0.145. The Hall–Kier alpha value is -2.29. The van der Waals surface area contributed by atoms with E-state index in [2.05, 4.69) is 36.5 Å². The number of carboxylic acids is 1. The molecule has 0 aliphatic rings. The van der Waals surface area contributed by atoms with E-state index in [0.29, 0.717) is 10.3 Å². The molecular formula is C11H10BrN5O3. The SMILES string of the molecule is O=C(O)Cn1cc(CNC(=O)c2cccc(Br)n2)nn1. The molecular weight excluding hydrogens is 330 g/mol. The van der Waals surface area contributed by atoms with Gasteiger partial charge in [0.2, 0.25) is 0 Å². The maximum Gasteiger partial charge on any atom is 0.325 e. The van der Waals surface area contributed by atoms with Crippen molar-refractivity contribution in [2.75, 3.05) is 0 Å². The molecule has 2 N–H and O–H groups in total. The van der Waals surface area contributed by atoms with E-state index < -0.39 is 5.97 Å². The number of aliphatic carboxylic acids is 1. The first-order chi connectivity index (χ1) is 9.54. The second kappa shape index (κ2) is 6.24. The van der Waals surface area contributed by atoms with Crippen LogP contribution < -0.4 is 5.32 Å². The molecule has 104 valence electrons. The lowest BCUT2D eigenvalue weighted by Gasteiger charge is -2.02.